The van der Waals surface area contributed by atoms with Crippen LogP contribution in [-0.4, -0.2) is 25.3 Å². The lowest BCUT2D eigenvalue weighted by molar-refractivity contribution is 0.0535. The van der Waals surface area contributed by atoms with Crippen LogP contribution >= 0.6 is 0 Å². The first-order valence-electron chi connectivity index (χ1n) is 7.64. The molecule has 1 heterocycles. The molecule has 1 N–H and O–H groups in total. The smallest absolute Gasteiger partial charge is 0.0847 e. The summed E-state index contributed by atoms with van der Waals surface area (Å²) in [6, 6.07) is 0. The molecule has 0 atom stereocenters. The highest BCUT2D eigenvalue weighted by molar-refractivity contribution is 5.38. The lowest BCUT2D eigenvalue weighted by Gasteiger charge is -2.44. The third-order valence-electron chi connectivity index (χ3n) is 4.67. The Kier molecular flexibility index (Phi) is 3.86. The Hall–Kier alpha value is -0.600. The van der Waals surface area contributed by atoms with Crippen LogP contribution in [0.4, 0.5) is 0 Å². The zero-order valence-corrected chi connectivity index (χ0v) is 11.3. The van der Waals surface area contributed by atoms with Crippen molar-refractivity contribution >= 4 is 0 Å². The van der Waals surface area contributed by atoms with E-state index in [1.54, 1.807) is 11.1 Å². The zero-order valence-electron chi connectivity index (χ0n) is 11.3. The Labute approximate surface area is 110 Å². The maximum Gasteiger partial charge on any atom is 0.0847 e. The molecule has 100 valence electrons. The number of morpholine rings is 1. The van der Waals surface area contributed by atoms with Crippen LogP contribution in [0.5, 0.6) is 0 Å². The van der Waals surface area contributed by atoms with E-state index in [1.165, 1.54) is 51.4 Å². The van der Waals surface area contributed by atoms with Gasteiger partial charge < -0.3 is 10.1 Å². The van der Waals surface area contributed by atoms with Gasteiger partial charge in [0.1, 0.15) is 0 Å². The molecule has 0 aromatic heterocycles. The van der Waals surface area contributed by atoms with E-state index in [0.717, 1.165) is 19.8 Å². The summed E-state index contributed by atoms with van der Waals surface area (Å²) in [7, 11) is 0. The van der Waals surface area contributed by atoms with E-state index in [4.69, 9.17) is 4.74 Å². The second-order valence-corrected chi connectivity index (χ2v) is 5.83. The van der Waals surface area contributed by atoms with E-state index in [-0.39, 0.29) is 5.54 Å². The minimum Gasteiger partial charge on any atom is -0.378 e. The molecule has 0 unspecified atom stereocenters. The van der Waals surface area contributed by atoms with Crippen molar-refractivity contribution in [2.24, 2.45) is 0 Å². The highest BCUT2D eigenvalue weighted by atomic mass is 16.5. The third kappa shape index (κ3) is 2.28. The largest absolute Gasteiger partial charge is 0.378 e. The fourth-order valence-corrected chi connectivity index (χ4v) is 3.68. The van der Waals surface area contributed by atoms with Gasteiger partial charge in [-0.1, -0.05) is 12.2 Å². The highest BCUT2D eigenvalue weighted by Gasteiger charge is 2.39. The number of nitrogens with one attached hydrogen (secondary N) is 1. The highest BCUT2D eigenvalue weighted by Crippen LogP contribution is 2.38. The number of hydrogen-bond donors (Lipinski definition) is 1. The first-order chi connectivity index (χ1) is 8.92. The fraction of sp³-hybridized carbons (Fsp3) is 0.750. The number of ether oxygens (including phenoxy) is 1. The molecule has 0 amide bonds. The van der Waals surface area contributed by atoms with Gasteiger partial charge in [-0.2, -0.15) is 0 Å². The predicted octanol–water partition coefficient (Wildman–Crippen LogP) is 3.35. The van der Waals surface area contributed by atoms with Crippen LogP contribution in [0.25, 0.3) is 0 Å². The Morgan fingerprint density at radius 2 is 1.61 bits per heavy atom. The summed E-state index contributed by atoms with van der Waals surface area (Å²) in [5.74, 6) is 0. The molecule has 2 aliphatic carbocycles. The van der Waals surface area contributed by atoms with E-state index >= 15 is 0 Å². The van der Waals surface area contributed by atoms with Gasteiger partial charge >= 0.3 is 0 Å². The molecule has 0 aromatic rings. The molecule has 2 heteroatoms. The quantitative estimate of drug-likeness (QED) is 0.756. The molecule has 0 saturated carbocycles. The number of rotatable bonds is 2. The van der Waals surface area contributed by atoms with Gasteiger partial charge in [0.15, 0.2) is 0 Å². The maximum absolute atomic E-state index is 5.85. The molecular weight excluding hydrogens is 222 g/mol. The number of hydrogen-bond acceptors (Lipinski definition) is 2. The van der Waals surface area contributed by atoms with Crippen molar-refractivity contribution in [2.45, 2.75) is 56.9 Å². The molecule has 1 aliphatic heterocycles. The Bertz CT molecular complexity index is 322. The van der Waals surface area contributed by atoms with E-state index in [9.17, 15) is 0 Å². The first-order valence-corrected chi connectivity index (χ1v) is 7.64. The summed E-state index contributed by atoms with van der Waals surface area (Å²) in [5.41, 5.74) is 3.29. The van der Waals surface area contributed by atoms with Crippen molar-refractivity contribution in [3.8, 4) is 0 Å². The van der Waals surface area contributed by atoms with E-state index in [2.05, 4.69) is 17.5 Å². The average molecular weight is 247 g/mol. The van der Waals surface area contributed by atoms with Gasteiger partial charge in [0.05, 0.1) is 18.8 Å². The van der Waals surface area contributed by atoms with Crippen molar-refractivity contribution in [1.29, 1.82) is 0 Å². The molecular formula is C16H25NO. The minimum atomic E-state index is 0.0685. The van der Waals surface area contributed by atoms with Crippen LogP contribution in [0.15, 0.2) is 23.3 Å². The molecule has 2 nitrogen and oxygen atoms in total. The van der Waals surface area contributed by atoms with Crippen LogP contribution in [-0.2, 0) is 4.74 Å². The molecule has 0 aromatic carbocycles. The van der Waals surface area contributed by atoms with Crippen molar-refractivity contribution in [2.75, 3.05) is 19.8 Å². The number of allylic oxidation sites excluding steroid dienone is 2. The topological polar surface area (TPSA) is 21.3 Å². The zero-order chi connectivity index (χ0) is 12.3. The van der Waals surface area contributed by atoms with Gasteiger partial charge in [0, 0.05) is 6.54 Å². The van der Waals surface area contributed by atoms with Crippen LogP contribution in [0.1, 0.15) is 51.4 Å². The summed E-state index contributed by atoms with van der Waals surface area (Å²) in [6.07, 6.45) is 15.4. The monoisotopic (exact) mass is 247 g/mol. The van der Waals surface area contributed by atoms with Gasteiger partial charge in [0.2, 0.25) is 0 Å². The predicted molar refractivity (Wildman–Crippen MR) is 74.7 cm³/mol. The van der Waals surface area contributed by atoms with Gasteiger partial charge in [-0.3, -0.25) is 0 Å². The van der Waals surface area contributed by atoms with E-state index < -0.39 is 0 Å². The summed E-state index contributed by atoms with van der Waals surface area (Å²) < 4.78 is 5.85. The van der Waals surface area contributed by atoms with Crippen molar-refractivity contribution in [3.05, 3.63) is 23.3 Å². The molecule has 1 fully saturated rings. The van der Waals surface area contributed by atoms with Crippen LogP contribution < -0.4 is 5.32 Å². The van der Waals surface area contributed by atoms with Crippen molar-refractivity contribution in [1.82, 2.24) is 5.32 Å². The molecule has 0 radical (unpaired) electrons. The van der Waals surface area contributed by atoms with Crippen LogP contribution in [0.2, 0.25) is 0 Å². The normalized spacial score (nSPS) is 28.4. The lowest BCUT2D eigenvalue weighted by atomic mass is 9.74. The third-order valence-corrected chi connectivity index (χ3v) is 4.67. The summed E-state index contributed by atoms with van der Waals surface area (Å²) in [4.78, 5) is 0. The molecule has 0 spiro atoms. The molecule has 1 saturated heterocycles. The fourth-order valence-electron chi connectivity index (χ4n) is 3.68. The van der Waals surface area contributed by atoms with Gasteiger partial charge in [-0.15, -0.1) is 0 Å². The Balaban J connectivity index is 1.91. The Morgan fingerprint density at radius 3 is 2.06 bits per heavy atom. The first kappa shape index (κ1) is 12.4. The van der Waals surface area contributed by atoms with Gasteiger partial charge in [-0.25, -0.2) is 0 Å². The van der Waals surface area contributed by atoms with Crippen molar-refractivity contribution in [3.63, 3.8) is 0 Å². The minimum absolute atomic E-state index is 0.0685. The van der Waals surface area contributed by atoms with Crippen LogP contribution in [0, 0.1) is 0 Å². The van der Waals surface area contributed by atoms with Gasteiger partial charge in [0.25, 0.3) is 0 Å². The van der Waals surface area contributed by atoms with E-state index in [1.807, 2.05) is 0 Å². The van der Waals surface area contributed by atoms with E-state index in [0.29, 0.717) is 0 Å². The SMILES string of the molecule is C1=C(C2(C3=CCCCC3)COCCN2)CCCC1. The molecule has 0 bridgehead atoms. The summed E-state index contributed by atoms with van der Waals surface area (Å²) in [5, 5.41) is 3.81. The van der Waals surface area contributed by atoms with Gasteiger partial charge in [-0.05, 0) is 62.5 Å². The molecule has 18 heavy (non-hydrogen) atoms. The summed E-state index contributed by atoms with van der Waals surface area (Å²) in [6.45, 7) is 2.71. The molecule has 3 rings (SSSR count). The second-order valence-electron chi connectivity index (χ2n) is 5.83. The summed E-state index contributed by atoms with van der Waals surface area (Å²) >= 11 is 0. The Morgan fingerprint density at radius 1 is 0.944 bits per heavy atom. The lowest BCUT2D eigenvalue weighted by Crippen LogP contribution is -2.57. The van der Waals surface area contributed by atoms with Crippen LogP contribution in [0.3, 0.4) is 0 Å². The molecule has 3 aliphatic rings. The van der Waals surface area contributed by atoms with Crippen molar-refractivity contribution < 1.29 is 4.74 Å². The average Bonchev–Trinajstić information content (AvgIpc) is 2.50. The second kappa shape index (κ2) is 5.58. The standard InChI is InChI=1S/C16H25NO/c1-3-7-14(8-4-1)16(13-18-12-11-17-16)15-9-5-2-6-10-15/h7,9,17H,1-6,8,10-13H2. The maximum atomic E-state index is 5.85.